The van der Waals surface area contributed by atoms with Crippen LogP contribution in [-0.4, -0.2) is 35.6 Å². The molecule has 4 rings (SSSR count). The van der Waals surface area contributed by atoms with Crippen molar-refractivity contribution in [1.29, 1.82) is 0 Å². The van der Waals surface area contributed by atoms with E-state index in [1.165, 1.54) is 18.4 Å². The number of fused-ring (bicyclic) bond motifs is 1. The molecule has 0 radical (unpaired) electrons. The van der Waals surface area contributed by atoms with Gasteiger partial charge in [-0.25, -0.2) is 0 Å². The number of nitrogens with zero attached hydrogens (tertiary/aromatic N) is 1. The Morgan fingerprint density at radius 1 is 1.06 bits per heavy atom. The summed E-state index contributed by atoms with van der Waals surface area (Å²) < 4.78 is 5.33. The Morgan fingerprint density at radius 2 is 1.70 bits per heavy atom. The van der Waals surface area contributed by atoms with Gasteiger partial charge in [0.1, 0.15) is 10.8 Å². The fraction of sp³-hybridized carbons (Fsp3) is 0.167. The van der Waals surface area contributed by atoms with Gasteiger partial charge in [0.2, 0.25) is 0 Å². The molecule has 168 valence electrons. The highest BCUT2D eigenvalue weighted by Gasteiger charge is 2.35. The number of carbonyl (C=O) groups is 4. The molecule has 1 aliphatic rings. The molecule has 0 fully saturated rings. The number of methoxy groups -OCH3 is 1. The van der Waals surface area contributed by atoms with Gasteiger partial charge in [-0.2, -0.15) is 0 Å². The Balaban J connectivity index is 1.63. The molecule has 0 saturated carbocycles. The van der Waals surface area contributed by atoms with Gasteiger partial charge < -0.3 is 15.8 Å². The number of carbonyl (C=O) groups excluding carboxylic acids is 4. The topological polar surface area (TPSA) is 119 Å². The number of hydrogen-bond donors (Lipinski definition) is 2. The average molecular weight is 464 g/mol. The van der Waals surface area contributed by atoms with Crippen molar-refractivity contribution >= 4 is 40.0 Å². The zero-order chi connectivity index (χ0) is 23.9. The summed E-state index contributed by atoms with van der Waals surface area (Å²) in [6, 6.07) is 11.5. The van der Waals surface area contributed by atoms with Gasteiger partial charge in [-0.15, -0.1) is 11.3 Å². The molecule has 0 spiro atoms. The lowest BCUT2D eigenvalue weighted by molar-refractivity contribution is 0.0642. The van der Waals surface area contributed by atoms with E-state index < -0.39 is 11.8 Å². The monoisotopic (exact) mass is 463 g/mol. The minimum absolute atomic E-state index is 0.000372. The van der Waals surface area contributed by atoms with E-state index in [0.29, 0.717) is 33.0 Å². The molecule has 0 unspecified atom stereocenters. The molecule has 1 aromatic heterocycles. The van der Waals surface area contributed by atoms with Crippen LogP contribution in [0.25, 0.3) is 0 Å². The second kappa shape index (κ2) is 8.51. The third kappa shape index (κ3) is 3.87. The van der Waals surface area contributed by atoms with Crippen molar-refractivity contribution < 1.29 is 23.9 Å². The fourth-order valence-corrected chi connectivity index (χ4v) is 4.84. The number of primary amides is 1. The Bertz CT molecular complexity index is 1290. The summed E-state index contributed by atoms with van der Waals surface area (Å²) in [6.45, 7) is 3.61. The average Bonchev–Trinajstić information content (AvgIpc) is 3.21. The van der Waals surface area contributed by atoms with Crippen LogP contribution in [0.5, 0.6) is 5.75 Å². The van der Waals surface area contributed by atoms with Crippen molar-refractivity contribution in [3.8, 4) is 5.75 Å². The number of aryl methyl sites for hydroxylation is 1. The van der Waals surface area contributed by atoms with Crippen molar-refractivity contribution in [1.82, 2.24) is 4.90 Å². The zero-order valence-corrected chi connectivity index (χ0v) is 19.0. The first-order chi connectivity index (χ1) is 15.7. The second-order valence-electron chi connectivity index (χ2n) is 7.58. The summed E-state index contributed by atoms with van der Waals surface area (Å²) in [5, 5.41) is 3.11. The Hall–Kier alpha value is -3.98. The predicted molar refractivity (Wildman–Crippen MR) is 124 cm³/mol. The zero-order valence-electron chi connectivity index (χ0n) is 18.2. The third-order valence-corrected chi connectivity index (χ3v) is 6.71. The first kappa shape index (κ1) is 22.2. The van der Waals surface area contributed by atoms with Crippen molar-refractivity contribution in [3.63, 3.8) is 0 Å². The van der Waals surface area contributed by atoms with Crippen LogP contribution in [0.3, 0.4) is 0 Å². The molecular formula is C24H21N3O5S. The highest BCUT2D eigenvalue weighted by molar-refractivity contribution is 7.16. The van der Waals surface area contributed by atoms with Gasteiger partial charge in [-0.05, 0) is 49.2 Å². The number of hydrogen-bond acceptors (Lipinski definition) is 6. The number of imide groups is 1. The van der Waals surface area contributed by atoms with E-state index in [-0.39, 0.29) is 29.5 Å². The number of nitrogens with two attached hydrogens (primary N) is 1. The predicted octanol–water partition coefficient (Wildman–Crippen LogP) is 3.52. The second-order valence-corrected chi connectivity index (χ2v) is 8.81. The molecular weight excluding hydrogens is 442 g/mol. The van der Waals surface area contributed by atoms with Crippen molar-refractivity contribution in [2.45, 2.75) is 20.4 Å². The van der Waals surface area contributed by atoms with E-state index in [4.69, 9.17) is 10.5 Å². The van der Waals surface area contributed by atoms with Gasteiger partial charge in [-0.3, -0.25) is 24.1 Å². The number of nitrogens with one attached hydrogen (secondary N) is 1. The molecule has 2 heterocycles. The van der Waals surface area contributed by atoms with E-state index in [9.17, 15) is 19.2 Å². The molecule has 0 aliphatic carbocycles. The summed E-state index contributed by atoms with van der Waals surface area (Å²) in [7, 11) is 1.43. The van der Waals surface area contributed by atoms with E-state index in [1.54, 1.807) is 49.4 Å². The lowest BCUT2D eigenvalue weighted by atomic mass is 10.1. The van der Waals surface area contributed by atoms with Crippen LogP contribution in [0.15, 0.2) is 42.5 Å². The molecule has 3 aromatic rings. The molecule has 4 amide bonds. The minimum Gasteiger partial charge on any atom is -0.496 e. The van der Waals surface area contributed by atoms with Gasteiger partial charge in [0, 0.05) is 4.88 Å². The van der Waals surface area contributed by atoms with E-state index in [1.807, 2.05) is 6.92 Å². The van der Waals surface area contributed by atoms with E-state index in [2.05, 4.69) is 5.32 Å². The number of rotatable bonds is 6. The Morgan fingerprint density at radius 3 is 2.27 bits per heavy atom. The van der Waals surface area contributed by atoms with Crippen LogP contribution in [0.4, 0.5) is 5.00 Å². The van der Waals surface area contributed by atoms with Gasteiger partial charge in [0.05, 0.1) is 35.9 Å². The molecule has 1 aliphatic heterocycles. The maximum absolute atomic E-state index is 13.1. The largest absolute Gasteiger partial charge is 0.496 e. The maximum Gasteiger partial charge on any atom is 0.261 e. The molecule has 8 nitrogen and oxygen atoms in total. The van der Waals surface area contributed by atoms with Crippen LogP contribution in [0.1, 0.15) is 57.4 Å². The van der Waals surface area contributed by atoms with Gasteiger partial charge in [0.25, 0.3) is 23.6 Å². The lowest BCUT2D eigenvalue weighted by Crippen LogP contribution is -2.29. The van der Waals surface area contributed by atoms with Crippen molar-refractivity contribution in [2.75, 3.05) is 12.4 Å². The van der Waals surface area contributed by atoms with Crippen LogP contribution in [0, 0.1) is 13.8 Å². The standard InChI is InChI=1S/C24H21N3O5S/c1-12-13(2)33-22(19(12)20(25)28)26-21(29)17-10-14(8-9-18(17)32-3)11-27-23(30)15-6-4-5-7-16(15)24(27)31/h4-10H,11H2,1-3H3,(H2,25,28)(H,26,29). The van der Waals surface area contributed by atoms with Crippen molar-refractivity contribution in [2.24, 2.45) is 5.73 Å². The van der Waals surface area contributed by atoms with E-state index >= 15 is 0 Å². The molecule has 33 heavy (non-hydrogen) atoms. The summed E-state index contributed by atoms with van der Waals surface area (Å²) in [4.78, 5) is 52.4. The van der Waals surface area contributed by atoms with Crippen LogP contribution >= 0.6 is 11.3 Å². The summed E-state index contributed by atoms with van der Waals surface area (Å²) in [5.74, 6) is -1.58. The number of thiophene rings is 1. The summed E-state index contributed by atoms with van der Waals surface area (Å²) in [5.41, 5.74) is 7.98. The highest BCUT2D eigenvalue weighted by Crippen LogP contribution is 2.33. The first-order valence-corrected chi connectivity index (χ1v) is 10.9. The number of amides is 4. The Kier molecular flexibility index (Phi) is 5.73. The highest BCUT2D eigenvalue weighted by atomic mass is 32.1. The van der Waals surface area contributed by atoms with Crippen LogP contribution in [-0.2, 0) is 6.54 Å². The minimum atomic E-state index is -0.626. The molecule has 9 heteroatoms. The maximum atomic E-state index is 13.1. The van der Waals surface area contributed by atoms with Crippen LogP contribution in [0.2, 0.25) is 0 Å². The SMILES string of the molecule is COc1ccc(CN2C(=O)c3ccccc3C2=O)cc1C(=O)Nc1sc(C)c(C)c1C(N)=O. The quantitative estimate of drug-likeness (QED) is 0.542. The summed E-state index contributed by atoms with van der Waals surface area (Å²) >= 11 is 1.26. The lowest BCUT2D eigenvalue weighted by Gasteiger charge is -2.16. The summed E-state index contributed by atoms with van der Waals surface area (Å²) in [6.07, 6.45) is 0. The number of ether oxygens (including phenoxy) is 1. The molecule has 3 N–H and O–H groups in total. The first-order valence-electron chi connectivity index (χ1n) is 10.1. The molecule has 2 aromatic carbocycles. The smallest absolute Gasteiger partial charge is 0.261 e. The van der Waals surface area contributed by atoms with Crippen molar-refractivity contribution in [3.05, 3.63) is 80.7 Å². The Labute approximate surface area is 194 Å². The number of benzene rings is 2. The van der Waals surface area contributed by atoms with Gasteiger partial charge in [-0.1, -0.05) is 18.2 Å². The molecule has 0 saturated heterocycles. The van der Waals surface area contributed by atoms with E-state index in [0.717, 1.165) is 9.78 Å². The van der Waals surface area contributed by atoms with Gasteiger partial charge in [0.15, 0.2) is 0 Å². The molecule has 0 bridgehead atoms. The fourth-order valence-electron chi connectivity index (χ4n) is 3.78. The third-order valence-electron chi connectivity index (χ3n) is 5.59. The number of anilines is 1. The van der Waals surface area contributed by atoms with Gasteiger partial charge >= 0.3 is 0 Å². The molecule has 0 atom stereocenters. The normalized spacial score (nSPS) is 12.6. The van der Waals surface area contributed by atoms with Crippen LogP contribution < -0.4 is 15.8 Å².